The van der Waals surface area contributed by atoms with E-state index in [1.165, 1.54) is 61.2 Å². The van der Waals surface area contributed by atoms with Crippen LogP contribution in [0.3, 0.4) is 0 Å². The number of hydrogen-bond acceptors (Lipinski definition) is 15. The molecular weight excluding hydrogens is 881 g/mol. The van der Waals surface area contributed by atoms with Gasteiger partial charge < -0.3 is 54.7 Å². The Morgan fingerprint density at radius 2 is 1.28 bits per heavy atom. The van der Waals surface area contributed by atoms with Crippen molar-refractivity contribution >= 4 is 58.2 Å². The van der Waals surface area contributed by atoms with Crippen molar-refractivity contribution in [1.29, 1.82) is 0 Å². The second kappa shape index (κ2) is 21.2. The number of ether oxygens (including phenoxy) is 3. The smallest absolute Gasteiger partial charge is 0.342 e. The van der Waals surface area contributed by atoms with Crippen LogP contribution in [0.5, 0.6) is 11.5 Å². The lowest BCUT2D eigenvalue weighted by atomic mass is 10.2. The van der Waals surface area contributed by atoms with E-state index in [2.05, 4.69) is 30.6 Å². The number of hydrogen-bond donors (Lipinski definition) is 4. The molecule has 0 unspecified atom stereocenters. The second-order valence-corrected chi connectivity index (χ2v) is 17.2. The normalized spacial score (nSPS) is 19.0. The van der Waals surface area contributed by atoms with Crippen LogP contribution >= 0.6 is 0 Å². The summed E-state index contributed by atoms with van der Waals surface area (Å²) >= 11 is 0. The molecule has 362 valence electrons. The first-order valence-electron chi connectivity index (χ1n) is 22.4. The molecule has 9 rings (SSSR count). The van der Waals surface area contributed by atoms with Gasteiger partial charge in [-0.05, 0) is 74.4 Å². The predicted molar refractivity (Wildman–Crippen MR) is 245 cm³/mol. The number of aliphatic hydroxyl groups excluding tert-OH is 1. The Morgan fingerprint density at radius 1 is 0.761 bits per heavy atom. The van der Waals surface area contributed by atoms with Gasteiger partial charge in [0.25, 0.3) is 11.8 Å². The monoisotopic (exact) mass is 938 g/mol. The van der Waals surface area contributed by atoms with E-state index in [1.54, 1.807) is 43.5 Å². The Labute approximate surface area is 386 Å². The molecule has 67 heavy (non-hydrogen) atoms. The fourth-order valence-electron chi connectivity index (χ4n) is 8.95. The Hall–Kier alpha value is -6.22. The van der Waals surface area contributed by atoms with Crippen LogP contribution in [0, 0.1) is 0 Å². The highest BCUT2D eigenvalue weighted by Crippen LogP contribution is 2.42. The number of halogens is 4. The predicted octanol–water partition coefficient (Wildman–Crippen LogP) is 7.64. The minimum Gasteiger partial charge on any atom is -0.495 e. The van der Waals surface area contributed by atoms with Crippen LogP contribution in [0.4, 0.5) is 63.8 Å². The van der Waals surface area contributed by atoms with Crippen LogP contribution < -0.4 is 39.7 Å². The number of nitrogens with one attached hydrogen (secondary N) is 2. The molecule has 1 amide bonds. The maximum Gasteiger partial charge on any atom is 0.342 e. The zero-order valence-corrected chi connectivity index (χ0v) is 38.1. The first-order chi connectivity index (χ1) is 32.1. The third-order valence-electron chi connectivity index (χ3n) is 12.4. The van der Waals surface area contributed by atoms with E-state index in [9.17, 15) is 32.3 Å². The summed E-state index contributed by atoms with van der Waals surface area (Å²) in [5, 5.41) is 24.6. The zero-order valence-electron chi connectivity index (χ0n) is 38.1. The largest absolute Gasteiger partial charge is 0.495 e. The van der Waals surface area contributed by atoms with Crippen LogP contribution in [0.2, 0.25) is 0 Å². The van der Waals surface area contributed by atoms with Gasteiger partial charge in [0.1, 0.15) is 17.2 Å². The molecule has 1 saturated heterocycles. The second-order valence-electron chi connectivity index (χ2n) is 17.2. The number of aromatic carboxylic acids is 1. The number of aliphatic hydroxyl groups is 1. The van der Waals surface area contributed by atoms with E-state index < -0.39 is 30.3 Å². The summed E-state index contributed by atoms with van der Waals surface area (Å²) in [6, 6.07) is 9.44. The van der Waals surface area contributed by atoms with Gasteiger partial charge in [-0.3, -0.25) is 4.79 Å². The lowest BCUT2D eigenvalue weighted by Crippen LogP contribution is -2.48. The van der Waals surface area contributed by atoms with Crippen molar-refractivity contribution in [3.63, 3.8) is 0 Å². The lowest BCUT2D eigenvalue weighted by Gasteiger charge is -2.31. The number of anilines is 8. The van der Waals surface area contributed by atoms with E-state index in [1.807, 2.05) is 0 Å². The van der Waals surface area contributed by atoms with E-state index >= 15 is 0 Å². The number of fused-ring (bicyclic) bond motifs is 2. The molecule has 0 spiro atoms. The molecule has 4 aromatic rings. The van der Waals surface area contributed by atoms with Crippen molar-refractivity contribution in [2.24, 2.45) is 0 Å². The van der Waals surface area contributed by atoms with Crippen LogP contribution in [0.1, 0.15) is 80.1 Å². The molecule has 0 bridgehead atoms. The van der Waals surface area contributed by atoms with E-state index in [-0.39, 0.29) is 60.5 Å². The summed E-state index contributed by atoms with van der Waals surface area (Å²) in [7, 11) is 5.88. The van der Waals surface area contributed by atoms with Crippen molar-refractivity contribution in [1.82, 2.24) is 19.9 Å². The molecule has 0 radical (unpaired) electrons. The van der Waals surface area contributed by atoms with E-state index in [0.717, 1.165) is 75.0 Å². The highest BCUT2D eigenvalue weighted by Gasteiger charge is 2.49. The zero-order chi connectivity index (χ0) is 47.9. The first-order valence-corrected chi connectivity index (χ1v) is 22.4. The van der Waals surface area contributed by atoms with Gasteiger partial charge in [-0.15, -0.1) is 0 Å². The van der Waals surface area contributed by atoms with E-state index in [4.69, 9.17) is 19.3 Å². The van der Waals surface area contributed by atoms with Gasteiger partial charge in [0.05, 0.1) is 75.5 Å². The van der Waals surface area contributed by atoms with Crippen LogP contribution in [-0.4, -0.2) is 127 Å². The van der Waals surface area contributed by atoms with Crippen LogP contribution in [0.25, 0.3) is 0 Å². The fraction of sp³-hybridized carbons (Fsp3) is 0.522. The molecule has 17 nitrogen and oxygen atoms in total. The standard InChI is InChI=1S/C21H23F2N5O4.C21H27F2N5O2.C4H8O/c1-27-15-10-24-20(25-14-8-7-12(18(29)30)9-16(14)32-2)26-17(15)28(13-5-3-4-6-13)11-21(22,23)19(27)31;1-27-12-21(22,23)13-28(15-5-3-4-6-15)19-17(27)10-24-20(26-19)25-16-8-7-14(11-29)9-18(16)30-2;1-2-4-5-3-1/h7-10,13H,3-6,11H2,1-2H3,(H,29,30)(H,24,25,26);7-10,15,29H,3-6,11-13H2,1-2H3,(H,24,25,26);1-4H2. The van der Waals surface area contributed by atoms with Crippen LogP contribution in [-0.2, 0) is 16.1 Å². The van der Waals surface area contributed by atoms with Gasteiger partial charge in [0, 0.05) is 39.4 Å². The quantitative estimate of drug-likeness (QED) is 0.113. The Kier molecular flexibility index (Phi) is 15.4. The molecule has 5 heterocycles. The topological polar surface area (TPSA) is 191 Å². The number of alkyl halides is 4. The molecule has 2 aliphatic carbocycles. The summed E-state index contributed by atoms with van der Waals surface area (Å²) in [5.74, 6) is -6.79. The molecule has 2 aromatic heterocycles. The number of amides is 1. The number of benzene rings is 2. The van der Waals surface area contributed by atoms with Crippen molar-refractivity contribution in [2.45, 2.75) is 94.7 Å². The molecule has 4 N–H and O–H groups in total. The van der Waals surface area contributed by atoms with Gasteiger partial charge in [-0.2, -0.15) is 18.7 Å². The number of carboxylic acids is 1. The Morgan fingerprint density at radius 3 is 1.81 bits per heavy atom. The number of carbonyl (C=O) groups is 2. The third-order valence-corrected chi connectivity index (χ3v) is 12.4. The Bertz CT molecular complexity index is 2360. The molecule has 21 heteroatoms. The van der Waals surface area contributed by atoms with E-state index in [0.29, 0.717) is 34.6 Å². The Balaban J connectivity index is 0.000000180. The van der Waals surface area contributed by atoms with Crippen molar-refractivity contribution in [3.05, 3.63) is 59.9 Å². The SMILES string of the molecule is C1CCOC1.COc1cc(C(=O)O)ccc1Nc1ncc2c(n1)N(C1CCCC1)CC(F)(F)C(=O)N2C.COc1cc(CO)ccc1Nc1ncc2c(n1)N(C1CCCC1)CC(F)(F)CN2C. The minimum atomic E-state index is -3.55. The van der Waals surface area contributed by atoms with Gasteiger partial charge in [0.2, 0.25) is 11.9 Å². The van der Waals surface area contributed by atoms with Gasteiger partial charge >= 0.3 is 11.9 Å². The maximum atomic E-state index is 14.7. The number of carboxylic acid groups (broad SMARTS) is 1. The number of methoxy groups -OCH3 is 2. The summed E-state index contributed by atoms with van der Waals surface area (Å²) < 4.78 is 74.2. The number of carbonyl (C=O) groups excluding carboxylic acids is 1. The number of aromatic nitrogens is 4. The van der Waals surface area contributed by atoms with Crippen molar-refractivity contribution in [3.8, 4) is 11.5 Å². The maximum absolute atomic E-state index is 14.7. The fourth-order valence-corrected chi connectivity index (χ4v) is 8.95. The highest BCUT2D eigenvalue weighted by molar-refractivity contribution is 6.02. The van der Waals surface area contributed by atoms with Crippen LogP contribution in [0.15, 0.2) is 48.8 Å². The summed E-state index contributed by atoms with van der Waals surface area (Å²) in [5.41, 5.74) is 2.62. The molecular formula is C46H58F4N10O7. The molecule has 3 fully saturated rings. The van der Waals surface area contributed by atoms with Crippen molar-refractivity contribution < 1.29 is 51.6 Å². The molecule has 3 aliphatic heterocycles. The highest BCUT2D eigenvalue weighted by atomic mass is 19.3. The molecule has 5 aliphatic rings. The molecule has 2 saturated carbocycles. The first kappa shape index (κ1) is 48.7. The van der Waals surface area contributed by atoms with Gasteiger partial charge in [0.15, 0.2) is 11.6 Å². The summed E-state index contributed by atoms with van der Waals surface area (Å²) in [4.78, 5) is 47.0. The number of nitrogens with zero attached hydrogens (tertiary/aromatic N) is 8. The molecule has 2 aromatic carbocycles. The minimum absolute atomic E-state index is 0.0463. The third kappa shape index (κ3) is 11.5. The summed E-state index contributed by atoms with van der Waals surface area (Å²) in [6.45, 7) is 0.444. The van der Waals surface area contributed by atoms with Gasteiger partial charge in [-0.1, -0.05) is 31.7 Å². The lowest BCUT2D eigenvalue weighted by molar-refractivity contribution is -0.140. The molecule has 0 atom stereocenters. The summed E-state index contributed by atoms with van der Waals surface area (Å²) in [6.07, 6.45) is 12.7. The van der Waals surface area contributed by atoms with Gasteiger partial charge in [-0.25, -0.2) is 23.5 Å². The average Bonchev–Trinajstić information content (AvgIpc) is 4.16. The van der Waals surface area contributed by atoms with Crippen molar-refractivity contribution in [2.75, 3.05) is 91.4 Å². The average molecular weight is 939 g/mol. The number of rotatable bonds is 10.